The number of rotatable bonds is 3. The highest BCUT2D eigenvalue weighted by Gasteiger charge is 2.41. The van der Waals surface area contributed by atoms with Gasteiger partial charge in [0, 0.05) is 0 Å². The van der Waals surface area contributed by atoms with Gasteiger partial charge in [-0.3, -0.25) is 0 Å². The number of ether oxygens (including phenoxy) is 1. The first-order chi connectivity index (χ1) is 7.15. The molecular weight excluding hydrogens is 227 g/mol. The van der Waals surface area contributed by atoms with Gasteiger partial charge in [-0.2, -0.15) is 0 Å². The molecule has 1 N–H and O–H groups in total. The number of aliphatic hydroxyl groups excluding tert-OH is 1. The van der Waals surface area contributed by atoms with Gasteiger partial charge in [-0.15, -0.1) is 0 Å². The number of hydrogen-bond acceptors (Lipinski definition) is 3. The zero-order valence-electron chi connectivity index (χ0n) is 10.8. The Balaban J connectivity index is 2.46. The van der Waals surface area contributed by atoms with Gasteiger partial charge >= 0.3 is 0 Å². The van der Waals surface area contributed by atoms with Crippen molar-refractivity contribution in [3.8, 4) is 0 Å². The molecular formula is C11H23FO3Si. The smallest absolute Gasteiger partial charge is 0.192 e. The van der Waals surface area contributed by atoms with Gasteiger partial charge in [0.25, 0.3) is 0 Å². The van der Waals surface area contributed by atoms with Crippen molar-refractivity contribution < 1.29 is 18.7 Å². The Morgan fingerprint density at radius 2 is 2.00 bits per heavy atom. The van der Waals surface area contributed by atoms with Crippen molar-refractivity contribution in [1.82, 2.24) is 0 Å². The summed E-state index contributed by atoms with van der Waals surface area (Å²) < 4.78 is 24.0. The number of halogens is 1. The number of hydrogen-bond donors (Lipinski definition) is 1. The Labute approximate surface area is 98.1 Å². The van der Waals surface area contributed by atoms with Crippen LogP contribution in [-0.4, -0.2) is 45.0 Å². The first kappa shape index (κ1) is 14.1. The van der Waals surface area contributed by atoms with Crippen LogP contribution in [0.5, 0.6) is 0 Å². The third kappa shape index (κ3) is 3.03. The fourth-order valence-electron chi connectivity index (χ4n) is 1.30. The zero-order valence-corrected chi connectivity index (χ0v) is 11.8. The van der Waals surface area contributed by atoms with E-state index in [1.807, 2.05) is 0 Å². The van der Waals surface area contributed by atoms with E-state index in [1.54, 1.807) is 0 Å². The molecule has 1 aliphatic heterocycles. The van der Waals surface area contributed by atoms with Crippen LogP contribution in [0.15, 0.2) is 0 Å². The molecule has 0 bridgehead atoms. The summed E-state index contributed by atoms with van der Waals surface area (Å²) in [6, 6.07) is 0. The first-order valence-corrected chi connectivity index (χ1v) is 8.64. The molecule has 96 valence electrons. The molecule has 0 radical (unpaired) electrons. The van der Waals surface area contributed by atoms with E-state index in [4.69, 9.17) is 9.16 Å². The van der Waals surface area contributed by atoms with Gasteiger partial charge in [0.15, 0.2) is 14.5 Å². The molecule has 1 aliphatic rings. The van der Waals surface area contributed by atoms with E-state index in [0.29, 0.717) is 0 Å². The topological polar surface area (TPSA) is 38.7 Å². The predicted octanol–water partition coefficient (Wildman–Crippen LogP) is 2.11. The van der Waals surface area contributed by atoms with Crippen LogP contribution in [-0.2, 0) is 9.16 Å². The van der Waals surface area contributed by atoms with Crippen molar-refractivity contribution >= 4 is 8.32 Å². The van der Waals surface area contributed by atoms with Gasteiger partial charge in [-0.25, -0.2) is 4.39 Å². The maximum absolute atomic E-state index is 13.0. The summed E-state index contributed by atoms with van der Waals surface area (Å²) in [7, 11) is -1.84. The van der Waals surface area contributed by atoms with E-state index in [1.165, 1.54) is 0 Å². The molecule has 0 aromatic heterocycles. The van der Waals surface area contributed by atoms with Crippen molar-refractivity contribution in [2.45, 2.75) is 57.3 Å². The van der Waals surface area contributed by atoms with E-state index in [2.05, 4.69) is 33.9 Å². The van der Waals surface area contributed by atoms with Crippen LogP contribution in [0.3, 0.4) is 0 Å². The van der Waals surface area contributed by atoms with Crippen LogP contribution in [0.2, 0.25) is 18.1 Å². The summed E-state index contributed by atoms with van der Waals surface area (Å²) in [5.41, 5.74) is 0. The van der Waals surface area contributed by atoms with Crippen molar-refractivity contribution in [3.63, 3.8) is 0 Å². The molecule has 0 amide bonds. The normalized spacial score (nSPS) is 32.1. The van der Waals surface area contributed by atoms with Gasteiger partial charge in [0.05, 0.1) is 13.2 Å². The van der Waals surface area contributed by atoms with Gasteiger partial charge < -0.3 is 14.3 Å². The fraction of sp³-hybridized carbons (Fsp3) is 1.00. The Hall–Kier alpha value is 0.0269. The molecule has 5 heteroatoms. The molecule has 1 heterocycles. The largest absolute Gasteiger partial charge is 0.414 e. The maximum Gasteiger partial charge on any atom is 0.192 e. The summed E-state index contributed by atoms with van der Waals surface area (Å²) in [6.07, 6.45) is -2.82. The summed E-state index contributed by atoms with van der Waals surface area (Å²) in [5.74, 6) is 0. The van der Waals surface area contributed by atoms with E-state index in [-0.39, 0.29) is 18.3 Å². The lowest BCUT2D eigenvalue weighted by Crippen LogP contribution is -2.44. The van der Waals surface area contributed by atoms with Gasteiger partial charge in [-0.05, 0) is 18.1 Å². The molecule has 1 rings (SSSR count). The van der Waals surface area contributed by atoms with Crippen molar-refractivity contribution in [2.24, 2.45) is 0 Å². The predicted molar refractivity (Wildman–Crippen MR) is 63.8 cm³/mol. The van der Waals surface area contributed by atoms with E-state index < -0.39 is 26.7 Å². The molecule has 1 fully saturated rings. The van der Waals surface area contributed by atoms with Crippen LogP contribution in [0, 0.1) is 0 Å². The minimum atomic E-state index is -1.84. The lowest BCUT2D eigenvalue weighted by Gasteiger charge is -2.37. The van der Waals surface area contributed by atoms with Crippen molar-refractivity contribution in [2.75, 3.05) is 13.2 Å². The SMILES string of the molecule is CC(C)(C)[Si](C)(C)OCC1OCC(F)C1O. The molecule has 3 atom stereocenters. The van der Waals surface area contributed by atoms with Gasteiger partial charge in [0.2, 0.25) is 0 Å². The quantitative estimate of drug-likeness (QED) is 0.780. The lowest BCUT2D eigenvalue weighted by molar-refractivity contribution is 0.00359. The Bertz CT molecular complexity index is 240. The first-order valence-electron chi connectivity index (χ1n) is 5.73. The molecule has 0 spiro atoms. The highest BCUT2D eigenvalue weighted by molar-refractivity contribution is 6.74. The Morgan fingerprint density at radius 3 is 2.38 bits per heavy atom. The van der Waals surface area contributed by atoms with Crippen LogP contribution in [0.4, 0.5) is 4.39 Å². The van der Waals surface area contributed by atoms with Crippen molar-refractivity contribution in [3.05, 3.63) is 0 Å². The van der Waals surface area contributed by atoms with Crippen LogP contribution >= 0.6 is 0 Å². The molecule has 0 aliphatic carbocycles. The van der Waals surface area contributed by atoms with Crippen LogP contribution in [0.25, 0.3) is 0 Å². The average Bonchev–Trinajstić information content (AvgIpc) is 2.43. The van der Waals surface area contributed by atoms with Crippen LogP contribution < -0.4 is 0 Å². The molecule has 1 saturated heterocycles. The molecule has 16 heavy (non-hydrogen) atoms. The maximum atomic E-state index is 13.0. The number of alkyl halides is 1. The van der Waals surface area contributed by atoms with Crippen LogP contribution in [0.1, 0.15) is 20.8 Å². The molecule has 3 unspecified atom stereocenters. The summed E-state index contributed by atoms with van der Waals surface area (Å²) >= 11 is 0. The van der Waals surface area contributed by atoms with Gasteiger partial charge in [-0.1, -0.05) is 20.8 Å². The fourth-order valence-corrected chi connectivity index (χ4v) is 2.31. The second kappa shape index (κ2) is 4.72. The average molecular weight is 250 g/mol. The standard InChI is InChI=1S/C11H23FO3Si/c1-11(2,3)16(4,5)15-7-9-10(13)8(12)6-14-9/h8-10,13H,6-7H2,1-5H3. The second-order valence-corrected chi connectivity index (χ2v) is 10.8. The van der Waals surface area contributed by atoms with Gasteiger partial charge in [0.1, 0.15) is 12.2 Å². The lowest BCUT2D eigenvalue weighted by atomic mass is 10.2. The van der Waals surface area contributed by atoms with Crippen molar-refractivity contribution in [1.29, 1.82) is 0 Å². The third-order valence-corrected chi connectivity index (χ3v) is 8.14. The summed E-state index contributed by atoms with van der Waals surface area (Å²) in [6.45, 7) is 10.9. The van der Waals surface area contributed by atoms with E-state index >= 15 is 0 Å². The minimum Gasteiger partial charge on any atom is -0.414 e. The van der Waals surface area contributed by atoms with E-state index in [0.717, 1.165) is 0 Å². The molecule has 0 aromatic carbocycles. The number of aliphatic hydroxyl groups is 1. The molecule has 0 saturated carbocycles. The zero-order chi connectivity index (χ0) is 12.6. The Kier molecular flexibility index (Phi) is 4.16. The second-order valence-electron chi connectivity index (χ2n) is 5.95. The summed E-state index contributed by atoms with van der Waals surface area (Å²) in [5, 5.41) is 9.61. The highest BCUT2D eigenvalue weighted by atomic mass is 28.4. The van der Waals surface area contributed by atoms with E-state index in [9.17, 15) is 9.50 Å². The Morgan fingerprint density at radius 1 is 1.44 bits per heavy atom. The third-order valence-electron chi connectivity index (χ3n) is 3.64. The molecule has 0 aromatic rings. The summed E-state index contributed by atoms with van der Waals surface area (Å²) in [4.78, 5) is 0. The highest BCUT2D eigenvalue weighted by Crippen LogP contribution is 2.37. The monoisotopic (exact) mass is 250 g/mol. The molecule has 3 nitrogen and oxygen atoms in total. The minimum absolute atomic E-state index is 0.0211.